The molecule has 0 aliphatic carbocycles. The molecule has 0 spiro atoms. The fourth-order valence-corrected chi connectivity index (χ4v) is 4.05. The van der Waals surface area contributed by atoms with Crippen LogP contribution in [0.15, 0.2) is 6.07 Å². The van der Waals surface area contributed by atoms with Gasteiger partial charge in [-0.1, -0.05) is 0 Å². The molecule has 1 aromatic rings. The van der Waals surface area contributed by atoms with E-state index in [4.69, 9.17) is 0 Å². The van der Waals surface area contributed by atoms with Crippen molar-refractivity contribution < 1.29 is 4.79 Å². The summed E-state index contributed by atoms with van der Waals surface area (Å²) >= 11 is 1.63. The molecule has 1 N–H and O–H groups in total. The normalized spacial score (nSPS) is 27.3. The van der Waals surface area contributed by atoms with E-state index in [2.05, 4.69) is 19.2 Å². The molecule has 4 heteroatoms. The van der Waals surface area contributed by atoms with Gasteiger partial charge in [-0.2, -0.15) is 0 Å². The first-order valence-corrected chi connectivity index (χ1v) is 7.56. The molecule has 2 aliphatic heterocycles. The van der Waals surface area contributed by atoms with Gasteiger partial charge in [-0.3, -0.25) is 4.79 Å². The van der Waals surface area contributed by atoms with E-state index in [0.29, 0.717) is 12.0 Å². The van der Waals surface area contributed by atoms with Crippen molar-refractivity contribution in [2.75, 3.05) is 19.6 Å². The van der Waals surface area contributed by atoms with E-state index in [1.54, 1.807) is 11.3 Å². The summed E-state index contributed by atoms with van der Waals surface area (Å²) in [6.07, 6.45) is 2.52. The maximum Gasteiger partial charge on any atom is 0.264 e. The summed E-state index contributed by atoms with van der Waals surface area (Å²) in [4.78, 5) is 16.7. The largest absolute Gasteiger partial charge is 0.336 e. The molecule has 2 atom stereocenters. The molecule has 98 valence electrons. The Kier molecular flexibility index (Phi) is 3.16. The van der Waals surface area contributed by atoms with Gasteiger partial charge in [0.25, 0.3) is 5.91 Å². The Hall–Kier alpha value is -0.870. The van der Waals surface area contributed by atoms with Crippen LogP contribution in [0.2, 0.25) is 0 Å². The van der Waals surface area contributed by atoms with Crippen LogP contribution >= 0.6 is 11.3 Å². The minimum absolute atomic E-state index is 0.229. The van der Waals surface area contributed by atoms with Crippen molar-refractivity contribution in [3.63, 3.8) is 0 Å². The lowest BCUT2D eigenvalue weighted by atomic mass is 9.94. The predicted molar refractivity (Wildman–Crippen MR) is 74.2 cm³/mol. The molecule has 18 heavy (non-hydrogen) atoms. The smallest absolute Gasteiger partial charge is 0.264 e. The topological polar surface area (TPSA) is 32.3 Å². The number of nitrogens with zero attached hydrogens (tertiary/aromatic N) is 1. The van der Waals surface area contributed by atoms with Crippen molar-refractivity contribution in [1.29, 1.82) is 0 Å². The minimum Gasteiger partial charge on any atom is -0.336 e. The van der Waals surface area contributed by atoms with Crippen molar-refractivity contribution in [2.45, 2.75) is 32.7 Å². The molecule has 0 aromatic carbocycles. The van der Waals surface area contributed by atoms with Crippen LogP contribution in [0.1, 0.15) is 33.0 Å². The van der Waals surface area contributed by atoms with E-state index >= 15 is 0 Å². The highest BCUT2D eigenvalue weighted by molar-refractivity contribution is 7.14. The van der Waals surface area contributed by atoms with Crippen LogP contribution < -0.4 is 5.32 Å². The second kappa shape index (κ2) is 4.67. The van der Waals surface area contributed by atoms with Crippen LogP contribution in [0, 0.1) is 19.8 Å². The van der Waals surface area contributed by atoms with Crippen molar-refractivity contribution in [3.8, 4) is 0 Å². The van der Waals surface area contributed by atoms with Crippen LogP contribution in [0.25, 0.3) is 0 Å². The van der Waals surface area contributed by atoms with Crippen LogP contribution in [-0.2, 0) is 0 Å². The molecule has 0 bridgehead atoms. The van der Waals surface area contributed by atoms with Crippen LogP contribution in [0.4, 0.5) is 0 Å². The van der Waals surface area contributed by atoms with Gasteiger partial charge in [0, 0.05) is 24.0 Å². The molecule has 3 heterocycles. The standard InChI is InChI=1S/C14H20N2OS/c1-9-6-13(18-10(9)2)14(17)16-7-11-4-3-5-15-12(11)8-16/h6,11-12,15H,3-5,7-8H2,1-2H3/t11-,12+/m0/s1. The van der Waals surface area contributed by atoms with E-state index in [0.717, 1.165) is 24.5 Å². The fraction of sp³-hybridized carbons (Fsp3) is 0.643. The molecule has 0 saturated carbocycles. The quantitative estimate of drug-likeness (QED) is 0.843. The second-order valence-corrected chi connectivity index (χ2v) is 6.78. The summed E-state index contributed by atoms with van der Waals surface area (Å²) in [5, 5.41) is 3.54. The number of fused-ring (bicyclic) bond motifs is 1. The van der Waals surface area contributed by atoms with Crippen LogP contribution in [-0.4, -0.2) is 36.5 Å². The first-order valence-electron chi connectivity index (χ1n) is 6.75. The third-order valence-corrected chi connectivity index (χ3v) is 5.40. The van der Waals surface area contributed by atoms with Crippen LogP contribution in [0.5, 0.6) is 0 Å². The van der Waals surface area contributed by atoms with Gasteiger partial charge in [0.2, 0.25) is 0 Å². The lowest BCUT2D eigenvalue weighted by Crippen LogP contribution is -2.41. The number of likely N-dealkylation sites (tertiary alicyclic amines) is 1. The van der Waals surface area contributed by atoms with E-state index < -0.39 is 0 Å². The summed E-state index contributed by atoms with van der Waals surface area (Å²) in [7, 11) is 0. The van der Waals surface area contributed by atoms with Gasteiger partial charge < -0.3 is 10.2 Å². The van der Waals surface area contributed by atoms with Crippen molar-refractivity contribution in [1.82, 2.24) is 10.2 Å². The highest BCUT2D eigenvalue weighted by Gasteiger charge is 2.36. The molecule has 2 saturated heterocycles. The Morgan fingerprint density at radius 3 is 2.94 bits per heavy atom. The number of nitrogens with one attached hydrogen (secondary N) is 1. The molecular formula is C14H20N2OS. The van der Waals surface area contributed by atoms with Gasteiger partial charge in [-0.25, -0.2) is 0 Å². The number of amides is 1. The summed E-state index contributed by atoms with van der Waals surface area (Å²) in [6.45, 7) is 7.10. The number of thiophene rings is 1. The first kappa shape index (κ1) is 12.2. The van der Waals surface area contributed by atoms with E-state index in [9.17, 15) is 4.79 Å². The average molecular weight is 264 g/mol. The van der Waals surface area contributed by atoms with E-state index in [-0.39, 0.29) is 5.91 Å². The molecule has 2 aliphatic rings. The molecule has 0 unspecified atom stereocenters. The van der Waals surface area contributed by atoms with Crippen molar-refractivity contribution in [3.05, 3.63) is 21.4 Å². The molecule has 3 nitrogen and oxygen atoms in total. The highest BCUT2D eigenvalue weighted by Crippen LogP contribution is 2.28. The van der Waals surface area contributed by atoms with Gasteiger partial charge in [0.05, 0.1) is 4.88 Å². The Labute approximate surface area is 112 Å². The zero-order valence-corrected chi connectivity index (χ0v) is 11.8. The van der Waals surface area contributed by atoms with Crippen molar-refractivity contribution in [2.24, 2.45) is 5.92 Å². The number of rotatable bonds is 1. The third-order valence-electron chi connectivity index (χ3n) is 4.26. The predicted octanol–water partition coefficient (Wildman–Crippen LogP) is 2.19. The number of piperidine rings is 1. The minimum atomic E-state index is 0.229. The number of carbonyl (C=O) groups is 1. The average Bonchev–Trinajstić information content (AvgIpc) is 2.93. The summed E-state index contributed by atoms with van der Waals surface area (Å²) < 4.78 is 0. The first-order chi connectivity index (χ1) is 8.65. The van der Waals surface area contributed by atoms with E-state index in [1.165, 1.54) is 23.3 Å². The number of hydrogen-bond donors (Lipinski definition) is 1. The maximum atomic E-state index is 12.5. The summed E-state index contributed by atoms with van der Waals surface area (Å²) in [6, 6.07) is 2.57. The number of aryl methyl sites for hydroxylation is 2. The summed E-state index contributed by atoms with van der Waals surface area (Å²) in [5.74, 6) is 0.900. The lowest BCUT2D eigenvalue weighted by Gasteiger charge is -2.24. The zero-order chi connectivity index (χ0) is 12.7. The Morgan fingerprint density at radius 2 is 2.28 bits per heavy atom. The summed E-state index contributed by atoms with van der Waals surface area (Å²) in [5.41, 5.74) is 1.23. The van der Waals surface area contributed by atoms with Crippen LogP contribution in [0.3, 0.4) is 0 Å². The second-order valence-electron chi connectivity index (χ2n) is 5.52. The van der Waals surface area contributed by atoms with Gasteiger partial charge in [-0.15, -0.1) is 11.3 Å². The van der Waals surface area contributed by atoms with Gasteiger partial charge in [0.15, 0.2) is 0 Å². The Bertz CT molecular complexity index is 435. The highest BCUT2D eigenvalue weighted by atomic mass is 32.1. The molecular weight excluding hydrogens is 244 g/mol. The zero-order valence-electron chi connectivity index (χ0n) is 11.0. The SMILES string of the molecule is Cc1cc(C(=O)N2C[C@@H]3CCCN[C@@H]3C2)sc1C. The molecule has 0 radical (unpaired) electrons. The van der Waals surface area contributed by atoms with Gasteiger partial charge in [-0.05, 0) is 50.8 Å². The molecule has 1 aromatic heterocycles. The van der Waals surface area contributed by atoms with Gasteiger partial charge >= 0.3 is 0 Å². The number of carbonyl (C=O) groups excluding carboxylic acids is 1. The van der Waals surface area contributed by atoms with Gasteiger partial charge in [0.1, 0.15) is 0 Å². The molecule has 1 amide bonds. The Balaban J connectivity index is 1.74. The monoisotopic (exact) mass is 264 g/mol. The van der Waals surface area contributed by atoms with Crippen molar-refractivity contribution >= 4 is 17.2 Å². The molecule has 2 fully saturated rings. The number of hydrogen-bond acceptors (Lipinski definition) is 3. The molecule has 3 rings (SSSR count). The lowest BCUT2D eigenvalue weighted by molar-refractivity contribution is 0.0790. The third kappa shape index (κ3) is 2.08. The maximum absolute atomic E-state index is 12.5. The Morgan fingerprint density at radius 1 is 1.44 bits per heavy atom. The van der Waals surface area contributed by atoms with E-state index in [1.807, 2.05) is 11.0 Å². The fourth-order valence-electron chi connectivity index (χ4n) is 3.05.